The molecule has 0 radical (unpaired) electrons. The van der Waals surface area contributed by atoms with E-state index in [1.54, 1.807) is 5.57 Å². The molecule has 0 spiro atoms. The number of halogens is 1. The standard InChI is InChI=1S/C20H36N2.ClH/c1-2-4-8-12-16-19(15-11-7-3-1)20-17-13-9-5-6-10-14-18-21-22-20;/h15,21H,1-14,16-18H2;1H/b19-15+,22-20+;. The molecule has 0 bridgehead atoms. The smallest absolute Gasteiger partial charge is 0.0631 e. The Hall–Kier alpha value is -0.500. The Kier molecular flexibility index (Phi) is 12.4. The van der Waals surface area contributed by atoms with Gasteiger partial charge in [0.1, 0.15) is 0 Å². The van der Waals surface area contributed by atoms with Crippen molar-refractivity contribution in [2.75, 3.05) is 6.54 Å². The van der Waals surface area contributed by atoms with Crippen molar-refractivity contribution in [3.05, 3.63) is 11.6 Å². The normalized spacial score (nSPS) is 27.5. The maximum Gasteiger partial charge on any atom is 0.0631 e. The van der Waals surface area contributed by atoms with Gasteiger partial charge in [-0.2, -0.15) is 5.10 Å². The van der Waals surface area contributed by atoms with Gasteiger partial charge in [-0.25, -0.2) is 0 Å². The van der Waals surface area contributed by atoms with Crippen LogP contribution in [0.5, 0.6) is 0 Å². The molecule has 2 aliphatic rings. The molecule has 0 fully saturated rings. The molecular weight excluding hydrogens is 304 g/mol. The van der Waals surface area contributed by atoms with Gasteiger partial charge in [0.2, 0.25) is 0 Å². The number of hydrazone groups is 1. The molecular formula is C20H37ClN2. The zero-order chi connectivity index (χ0) is 15.3. The monoisotopic (exact) mass is 340 g/mol. The Morgan fingerprint density at radius 3 is 1.96 bits per heavy atom. The third kappa shape index (κ3) is 9.39. The van der Waals surface area contributed by atoms with E-state index in [2.05, 4.69) is 11.5 Å². The molecule has 2 rings (SSSR count). The van der Waals surface area contributed by atoms with Crippen LogP contribution in [0.3, 0.4) is 0 Å². The Morgan fingerprint density at radius 2 is 1.22 bits per heavy atom. The summed E-state index contributed by atoms with van der Waals surface area (Å²) in [6, 6.07) is 0. The van der Waals surface area contributed by atoms with E-state index in [9.17, 15) is 0 Å². The second-order valence-electron chi connectivity index (χ2n) is 7.08. The molecule has 0 aromatic heterocycles. The first-order chi connectivity index (χ1) is 11.0. The van der Waals surface area contributed by atoms with Crippen LogP contribution in [0.4, 0.5) is 0 Å². The maximum atomic E-state index is 4.80. The lowest BCUT2D eigenvalue weighted by molar-refractivity contribution is 0.586. The molecule has 134 valence electrons. The fraction of sp³-hybridized carbons (Fsp3) is 0.850. The largest absolute Gasteiger partial charge is 0.310 e. The van der Waals surface area contributed by atoms with E-state index in [0.29, 0.717) is 0 Å². The number of hydrogen-bond acceptors (Lipinski definition) is 2. The average Bonchev–Trinajstić information content (AvgIpc) is 2.64. The van der Waals surface area contributed by atoms with Crippen LogP contribution >= 0.6 is 12.4 Å². The van der Waals surface area contributed by atoms with Gasteiger partial charge in [0.05, 0.1) is 5.71 Å². The fourth-order valence-electron chi connectivity index (χ4n) is 3.63. The van der Waals surface area contributed by atoms with Crippen molar-refractivity contribution >= 4 is 18.1 Å². The summed E-state index contributed by atoms with van der Waals surface area (Å²) >= 11 is 0. The van der Waals surface area contributed by atoms with Gasteiger partial charge in [0, 0.05) is 6.54 Å². The van der Waals surface area contributed by atoms with Crippen LogP contribution in [0, 0.1) is 0 Å². The number of rotatable bonds is 1. The summed E-state index contributed by atoms with van der Waals surface area (Å²) in [4.78, 5) is 0. The minimum atomic E-state index is 0. The predicted octanol–water partition coefficient (Wildman–Crippen LogP) is 6.55. The Balaban J connectivity index is 0.00000264. The average molecular weight is 341 g/mol. The molecule has 1 aliphatic carbocycles. The van der Waals surface area contributed by atoms with Crippen LogP contribution in [0.1, 0.15) is 103 Å². The van der Waals surface area contributed by atoms with E-state index < -0.39 is 0 Å². The topological polar surface area (TPSA) is 24.4 Å². The first-order valence-corrected chi connectivity index (χ1v) is 9.95. The maximum absolute atomic E-state index is 4.80. The molecule has 0 saturated carbocycles. The van der Waals surface area contributed by atoms with Crippen LogP contribution in [0.2, 0.25) is 0 Å². The molecule has 0 amide bonds. The molecule has 1 heterocycles. The quantitative estimate of drug-likeness (QED) is 0.575. The number of nitrogens with one attached hydrogen (secondary N) is 1. The van der Waals surface area contributed by atoms with E-state index in [1.807, 2.05) is 0 Å². The molecule has 1 aliphatic heterocycles. The highest BCUT2D eigenvalue weighted by atomic mass is 35.5. The second-order valence-corrected chi connectivity index (χ2v) is 7.08. The van der Waals surface area contributed by atoms with Crippen LogP contribution in [0.15, 0.2) is 16.8 Å². The second kappa shape index (κ2) is 13.9. The van der Waals surface area contributed by atoms with Crippen molar-refractivity contribution in [1.29, 1.82) is 0 Å². The lowest BCUT2D eigenvalue weighted by atomic mass is 9.97. The van der Waals surface area contributed by atoms with E-state index >= 15 is 0 Å². The Labute approximate surface area is 150 Å². The fourth-order valence-corrected chi connectivity index (χ4v) is 3.63. The molecule has 23 heavy (non-hydrogen) atoms. The van der Waals surface area contributed by atoms with Gasteiger partial charge in [0.25, 0.3) is 0 Å². The highest BCUT2D eigenvalue weighted by molar-refractivity contribution is 5.99. The minimum Gasteiger partial charge on any atom is -0.310 e. The SMILES string of the molecule is C1=C(/C2=N/NCCCCCCCC2)CCCCCCCCC/1.Cl. The van der Waals surface area contributed by atoms with Crippen molar-refractivity contribution in [3.63, 3.8) is 0 Å². The van der Waals surface area contributed by atoms with Crippen molar-refractivity contribution < 1.29 is 0 Å². The highest BCUT2D eigenvalue weighted by Gasteiger charge is 2.09. The number of nitrogens with zero attached hydrogens (tertiary/aromatic N) is 1. The minimum absolute atomic E-state index is 0. The van der Waals surface area contributed by atoms with E-state index in [4.69, 9.17) is 5.10 Å². The Morgan fingerprint density at radius 1 is 0.652 bits per heavy atom. The van der Waals surface area contributed by atoms with Crippen LogP contribution in [-0.4, -0.2) is 12.3 Å². The lowest BCUT2D eigenvalue weighted by Gasteiger charge is -2.12. The van der Waals surface area contributed by atoms with Crippen molar-refractivity contribution in [3.8, 4) is 0 Å². The van der Waals surface area contributed by atoms with Gasteiger partial charge < -0.3 is 5.43 Å². The van der Waals surface area contributed by atoms with Crippen LogP contribution in [0.25, 0.3) is 0 Å². The molecule has 0 saturated heterocycles. The van der Waals surface area contributed by atoms with Gasteiger partial charge in [-0.1, -0.05) is 63.9 Å². The summed E-state index contributed by atoms with van der Waals surface area (Å²) in [6.45, 7) is 1.05. The van der Waals surface area contributed by atoms with Crippen molar-refractivity contribution in [2.45, 2.75) is 103 Å². The van der Waals surface area contributed by atoms with E-state index in [-0.39, 0.29) is 12.4 Å². The van der Waals surface area contributed by atoms with E-state index in [0.717, 1.165) is 6.54 Å². The van der Waals surface area contributed by atoms with Crippen LogP contribution in [-0.2, 0) is 0 Å². The lowest BCUT2D eigenvalue weighted by Crippen LogP contribution is -2.14. The Bertz CT molecular complexity index is 316. The van der Waals surface area contributed by atoms with Crippen molar-refractivity contribution in [2.24, 2.45) is 5.10 Å². The van der Waals surface area contributed by atoms with Gasteiger partial charge >= 0.3 is 0 Å². The van der Waals surface area contributed by atoms with Crippen molar-refractivity contribution in [1.82, 2.24) is 5.43 Å². The molecule has 2 nitrogen and oxygen atoms in total. The molecule has 0 unspecified atom stereocenters. The summed E-state index contributed by atoms with van der Waals surface area (Å²) in [5, 5.41) is 4.80. The molecule has 0 aromatic rings. The first-order valence-electron chi connectivity index (χ1n) is 9.95. The van der Waals surface area contributed by atoms with Crippen LogP contribution < -0.4 is 5.43 Å². The summed E-state index contributed by atoms with van der Waals surface area (Å²) in [5.74, 6) is 0. The zero-order valence-corrected chi connectivity index (χ0v) is 15.8. The van der Waals surface area contributed by atoms with E-state index in [1.165, 1.54) is 108 Å². The molecule has 0 atom stereocenters. The third-order valence-corrected chi connectivity index (χ3v) is 5.08. The summed E-state index contributed by atoms with van der Waals surface area (Å²) in [6.07, 6.45) is 24.2. The summed E-state index contributed by atoms with van der Waals surface area (Å²) < 4.78 is 0. The predicted molar refractivity (Wildman–Crippen MR) is 105 cm³/mol. The summed E-state index contributed by atoms with van der Waals surface area (Å²) in [7, 11) is 0. The molecule has 3 heteroatoms. The summed E-state index contributed by atoms with van der Waals surface area (Å²) in [5.41, 5.74) is 6.29. The zero-order valence-electron chi connectivity index (χ0n) is 15.0. The number of allylic oxidation sites excluding steroid dienone is 2. The van der Waals surface area contributed by atoms with Gasteiger partial charge in [-0.3, -0.25) is 0 Å². The van der Waals surface area contributed by atoms with Gasteiger partial charge in [-0.15, -0.1) is 12.4 Å². The first kappa shape index (κ1) is 20.5. The molecule has 0 aromatic carbocycles. The number of hydrogen-bond donors (Lipinski definition) is 1. The van der Waals surface area contributed by atoms with Gasteiger partial charge in [0.15, 0.2) is 0 Å². The van der Waals surface area contributed by atoms with Gasteiger partial charge in [-0.05, 0) is 50.5 Å². The molecule has 1 N–H and O–H groups in total. The highest BCUT2D eigenvalue weighted by Crippen LogP contribution is 2.20. The third-order valence-electron chi connectivity index (χ3n) is 5.08.